The number of carbonyl (C=O) groups is 1. The number of aromatic nitrogens is 2. The zero-order valence-electron chi connectivity index (χ0n) is 11.3. The lowest BCUT2D eigenvalue weighted by Crippen LogP contribution is -2.19. The van der Waals surface area contributed by atoms with Crippen LogP contribution >= 0.6 is 0 Å². The molecule has 0 bridgehead atoms. The Morgan fingerprint density at radius 2 is 2.20 bits per heavy atom. The highest BCUT2D eigenvalue weighted by molar-refractivity contribution is 5.87. The third kappa shape index (κ3) is 2.32. The number of imidazole rings is 1. The minimum atomic E-state index is -0.892. The van der Waals surface area contributed by atoms with Gasteiger partial charge in [0.05, 0.1) is 11.6 Å². The first-order valence-electron chi connectivity index (χ1n) is 6.73. The van der Waals surface area contributed by atoms with Crippen molar-refractivity contribution >= 4 is 5.97 Å². The summed E-state index contributed by atoms with van der Waals surface area (Å²) in [6.45, 7) is 2.90. The van der Waals surface area contributed by atoms with Gasteiger partial charge < -0.3 is 15.0 Å². The van der Waals surface area contributed by atoms with E-state index in [0.29, 0.717) is 18.2 Å². The van der Waals surface area contributed by atoms with Gasteiger partial charge in [-0.1, -0.05) is 12.1 Å². The third-order valence-corrected chi connectivity index (χ3v) is 3.82. The molecule has 2 aromatic rings. The molecule has 0 amide bonds. The van der Waals surface area contributed by atoms with Gasteiger partial charge in [0.25, 0.3) is 0 Å². The van der Waals surface area contributed by atoms with E-state index < -0.39 is 5.97 Å². The fourth-order valence-corrected chi connectivity index (χ4v) is 2.71. The van der Waals surface area contributed by atoms with Crippen molar-refractivity contribution in [1.29, 1.82) is 0 Å². The summed E-state index contributed by atoms with van der Waals surface area (Å²) in [5.74, 6) is 0.191. The Hall–Kier alpha value is -2.14. The topological polar surface area (TPSA) is 67.2 Å². The van der Waals surface area contributed by atoms with Crippen molar-refractivity contribution in [3.8, 4) is 0 Å². The summed E-state index contributed by atoms with van der Waals surface area (Å²) in [7, 11) is 0. The molecule has 0 spiro atoms. The zero-order chi connectivity index (χ0) is 14.1. The number of rotatable bonds is 4. The first-order chi connectivity index (χ1) is 9.65. The van der Waals surface area contributed by atoms with Gasteiger partial charge in [0, 0.05) is 25.0 Å². The van der Waals surface area contributed by atoms with Crippen LogP contribution in [0.4, 0.5) is 0 Å². The van der Waals surface area contributed by atoms with Gasteiger partial charge in [-0.3, -0.25) is 0 Å². The number of benzene rings is 1. The van der Waals surface area contributed by atoms with E-state index in [-0.39, 0.29) is 6.04 Å². The largest absolute Gasteiger partial charge is 0.478 e. The van der Waals surface area contributed by atoms with Gasteiger partial charge in [0.2, 0.25) is 0 Å². The summed E-state index contributed by atoms with van der Waals surface area (Å²) < 4.78 is 2.20. The normalized spacial score (nSPS) is 20.9. The highest BCUT2D eigenvalue weighted by Crippen LogP contribution is 2.32. The van der Waals surface area contributed by atoms with Crippen molar-refractivity contribution in [1.82, 2.24) is 14.9 Å². The standard InChI is InChI=1S/C15H17N3O2/c1-10-8-13(14-16-6-7-18(10)14)17-9-11-2-4-12(5-3-11)15(19)20/h2-7,10,13,17H,8-9H2,1H3,(H,19,20)/t10-,13+/m1/s1. The van der Waals surface area contributed by atoms with Crippen LogP contribution in [0.2, 0.25) is 0 Å². The monoisotopic (exact) mass is 271 g/mol. The van der Waals surface area contributed by atoms with Crippen LogP contribution in [-0.4, -0.2) is 20.6 Å². The second-order valence-corrected chi connectivity index (χ2v) is 5.21. The van der Waals surface area contributed by atoms with E-state index in [9.17, 15) is 4.79 Å². The molecular formula is C15H17N3O2. The average molecular weight is 271 g/mol. The molecule has 0 radical (unpaired) electrons. The number of carboxylic acid groups (broad SMARTS) is 1. The predicted molar refractivity (Wildman–Crippen MR) is 74.5 cm³/mol. The van der Waals surface area contributed by atoms with E-state index >= 15 is 0 Å². The number of nitrogens with one attached hydrogen (secondary N) is 1. The van der Waals surface area contributed by atoms with Crippen LogP contribution in [-0.2, 0) is 6.54 Å². The lowest BCUT2D eigenvalue weighted by atomic mass is 10.1. The summed E-state index contributed by atoms with van der Waals surface area (Å²) in [5.41, 5.74) is 1.39. The van der Waals surface area contributed by atoms with Crippen LogP contribution < -0.4 is 5.32 Å². The van der Waals surface area contributed by atoms with Crippen molar-refractivity contribution in [2.24, 2.45) is 0 Å². The van der Waals surface area contributed by atoms with Gasteiger partial charge in [-0.2, -0.15) is 0 Å². The lowest BCUT2D eigenvalue weighted by Gasteiger charge is -2.11. The number of hydrogen-bond donors (Lipinski definition) is 2. The number of nitrogens with zero attached hydrogens (tertiary/aromatic N) is 2. The summed E-state index contributed by atoms with van der Waals surface area (Å²) in [5, 5.41) is 12.4. The predicted octanol–water partition coefficient (Wildman–Crippen LogP) is 2.38. The molecule has 1 aromatic heterocycles. The fourth-order valence-electron chi connectivity index (χ4n) is 2.71. The van der Waals surface area contributed by atoms with Crippen LogP contribution in [0.25, 0.3) is 0 Å². The van der Waals surface area contributed by atoms with Crippen LogP contribution in [0.15, 0.2) is 36.7 Å². The summed E-state index contributed by atoms with van der Waals surface area (Å²) in [4.78, 5) is 15.2. The fraction of sp³-hybridized carbons (Fsp3) is 0.333. The van der Waals surface area contributed by atoms with Crippen molar-refractivity contribution in [2.75, 3.05) is 0 Å². The van der Waals surface area contributed by atoms with E-state index in [1.807, 2.05) is 24.5 Å². The molecular weight excluding hydrogens is 254 g/mol. The lowest BCUT2D eigenvalue weighted by molar-refractivity contribution is 0.0697. The Morgan fingerprint density at radius 3 is 2.90 bits per heavy atom. The molecule has 1 aliphatic rings. The summed E-state index contributed by atoms with van der Waals surface area (Å²) >= 11 is 0. The SMILES string of the molecule is C[C@@H]1C[C@H](NCc2ccc(C(=O)O)cc2)c2nccn21. The highest BCUT2D eigenvalue weighted by Gasteiger charge is 2.28. The zero-order valence-corrected chi connectivity index (χ0v) is 11.3. The molecule has 3 rings (SSSR count). The van der Waals surface area contributed by atoms with E-state index in [2.05, 4.69) is 21.8 Å². The molecule has 104 valence electrons. The molecule has 0 saturated heterocycles. The van der Waals surface area contributed by atoms with Crippen LogP contribution in [0.3, 0.4) is 0 Å². The average Bonchev–Trinajstić information content (AvgIpc) is 3.02. The van der Waals surface area contributed by atoms with Crippen molar-refractivity contribution in [3.63, 3.8) is 0 Å². The van der Waals surface area contributed by atoms with E-state index in [1.165, 1.54) is 0 Å². The Bertz CT molecular complexity index is 618. The Morgan fingerprint density at radius 1 is 1.45 bits per heavy atom. The maximum Gasteiger partial charge on any atom is 0.335 e. The van der Waals surface area contributed by atoms with Crippen LogP contribution in [0.5, 0.6) is 0 Å². The molecule has 5 nitrogen and oxygen atoms in total. The molecule has 2 heterocycles. The van der Waals surface area contributed by atoms with Gasteiger partial charge in [-0.25, -0.2) is 9.78 Å². The number of carboxylic acids is 1. The molecule has 1 aliphatic heterocycles. The smallest absolute Gasteiger partial charge is 0.335 e. The Labute approximate surface area is 117 Å². The first-order valence-corrected chi connectivity index (χ1v) is 6.73. The minimum Gasteiger partial charge on any atom is -0.478 e. The van der Waals surface area contributed by atoms with Crippen LogP contribution in [0.1, 0.15) is 47.2 Å². The number of aromatic carboxylic acids is 1. The Kier molecular flexibility index (Phi) is 3.28. The van der Waals surface area contributed by atoms with E-state index in [0.717, 1.165) is 17.8 Å². The maximum atomic E-state index is 10.8. The molecule has 0 fully saturated rings. The third-order valence-electron chi connectivity index (χ3n) is 3.82. The number of hydrogen-bond acceptors (Lipinski definition) is 3. The molecule has 2 N–H and O–H groups in total. The van der Waals surface area contributed by atoms with Gasteiger partial charge >= 0.3 is 5.97 Å². The van der Waals surface area contributed by atoms with Crippen molar-refractivity contribution in [3.05, 3.63) is 53.6 Å². The minimum absolute atomic E-state index is 0.263. The van der Waals surface area contributed by atoms with Crippen LogP contribution in [0, 0.1) is 0 Å². The molecule has 20 heavy (non-hydrogen) atoms. The molecule has 0 saturated carbocycles. The maximum absolute atomic E-state index is 10.8. The second-order valence-electron chi connectivity index (χ2n) is 5.21. The van der Waals surface area contributed by atoms with Gasteiger partial charge in [0.15, 0.2) is 0 Å². The van der Waals surface area contributed by atoms with Gasteiger partial charge in [0.1, 0.15) is 5.82 Å². The van der Waals surface area contributed by atoms with Gasteiger partial charge in [-0.15, -0.1) is 0 Å². The van der Waals surface area contributed by atoms with E-state index in [1.54, 1.807) is 12.1 Å². The van der Waals surface area contributed by atoms with Gasteiger partial charge in [-0.05, 0) is 31.0 Å². The van der Waals surface area contributed by atoms with Crippen molar-refractivity contribution < 1.29 is 9.90 Å². The molecule has 0 unspecified atom stereocenters. The summed E-state index contributed by atoms with van der Waals surface area (Å²) in [6.07, 6.45) is 4.89. The summed E-state index contributed by atoms with van der Waals surface area (Å²) in [6, 6.07) is 7.70. The van der Waals surface area contributed by atoms with Crippen molar-refractivity contribution in [2.45, 2.75) is 32.0 Å². The van der Waals surface area contributed by atoms with E-state index in [4.69, 9.17) is 5.11 Å². The molecule has 1 aromatic carbocycles. The molecule has 0 aliphatic carbocycles. The highest BCUT2D eigenvalue weighted by atomic mass is 16.4. The molecule has 2 atom stereocenters. The molecule has 5 heteroatoms. The first kappa shape index (κ1) is 12.9. The number of fused-ring (bicyclic) bond motifs is 1. The second kappa shape index (κ2) is 5.09. The Balaban J connectivity index is 1.65. The quantitative estimate of drug-likeness (QED) is 0.896.